The maximum atomic E-state index is 12.4. The van der Waals surface area contributed by atoms with Crippen LogP contribution in [0.3, 0.4) is 0 Å². The van der Waals surface area contributed by atoms with Gasteiger partial charge in [-0.05, 0) is 38.5 Å². The number of hydrogen-bond donors (Lipinski definition) is 1. The number of piperidine rings is 1. The van der Waals surface area contributed by atoms with Gasteiger partial charge in [0.05, 0.1) is 12.2 Å². The molecule has 0 aromatic heterocycles. The molecular formula is C16H25NO5. The van der Waals surface area contributed by atoms with Gasteiger partial charge in [0.25, 0.3) is 5.91 Å². The van der Waals surface area contributed by atoms with E-state index in [1.807, 2.05) is 4.90 Å². The van der Waals surface area contributed by atoms with Gasteiger partial charge in [-0.1, -0.05) is 12.8 Å². The van der Waals surface area contributed by atoms with E-state index in [9.17, 15) is 9.59 Å². The highest BCUT2D eigenvalue weighted by Gasteiger charge is 2.38. The third-order valence-electron chi connectivity index (χ3n) is 5.01. The van der Waals surface area contributed by atoms with E-state index in [0.29, 0.717) is 32.0 Å². The molecule has 0 aromatic rings. The SMILES string of the molecule is O=C(O)[C@H]1CC[C@@H](C(=O)N2CCC(OC3CCCC3)CC2)O1. The molecule has 3 rings (SSSR count). The zero-order valence-corrected chi connectivity index (χ0v) is 12.9. The molecule has 0 unspecified atom stereocenters. The number of carbonyl (C=O) groups is 2. The Morgan fingerprint density at radius 1 is 0.909 bits per heavy atom. The van der Waals surface area contributed by atoms with Gasteiger partial charge < -0.3 is 19.5 Å². The lowest BCUT2D eigenvalue weighted by Gasteiger charge is -2.34. The molecule has 2 aliphatic heterocycles. The number of ether oxygens (including phenoxy) is 2. The van der Waals surface area contributed by atoms with Crippen LogP contribution in [0.15, 0.2) is 0 Å². The van der Waals surface area contributed by atoms with Crippen LogP contribution in [0.5, 0.6) is 0 Å². The van der Waals surface area contributed by atoms with Crippen molar-refractivity contribution >= 4 is 11.9 Å². The first kappa shape index (κ1) is 15.7. The van der Waals surface area contributed by atoms with Crippen LogP contribution in [0, 0.1) is 0 Å². The number of carboxylic acids is 1. The van der Waals surface area contributed by atoms with Gasteiger partial charge in [0.1, 0.15) is 6.10 Å². The van der Waals surface area contributed by atoms with Crippen LogP contribution >= 0.6 is 0 Å². The molecule has 2 heterocycles. The molecule has 0 spiro atoms. The highest BCUT2D eigenvalue weighted by atomic mass is 16.5. The molecule has 2 saturated heterocycles. The monoisotopic (exact) mass is 311 g/mol. The first-order valence-electron chi connectivity index (χ1n) is 8.46. The van der Waals surface area contributed by atoms with E-state index in [2.05, 4.69) is 0 Å². The third-order valence-corrected chi connectivity index (χ3v) is 5.01. The normalized spacial score (nSPS) is 30.8. The maximum absolute atomic E-state index is 12.4. The fourth-order valence-electron chi connectivity index (χ4n) is 3.71. The number of likely N-dealkylation sites (tertiary alicyclic amines) is 1. The zero-order chi connectivity index (χ0) is 15.5. The summed E-state index contributed by atoms with van der Waals surface area (Å²) in [6, 6.07) is 0. The van der Waals surface area contributed by atoms with Crippen LogP contribution < -0.4 is 0 Å². The second-order valence-corrected chi connectivity index (χ2v) is 6.60. The van der Waals surface area contributed by atoms with Crippen molar-refractivity contribution in [3.63, 3.8) is 0 Å². The highest BCUT2D eigenvalue weighted by Crippen LogP contribution is 2.27. The zero-order valence-electron chi connectivity index (χ0n) is 12.9. The van der Waals surface area contributed by atoms with Crippen molar-refractivity contribution in [2.24, 2.45) is 0 Å². The van der Waals surface area contributed by atoms with Gasteiger partial charge in [0.2, 0.25) is 0 Å². The summed E-state index contributed by atoms with van der Waals surface area (Å²) in [5.74, 6) is -1.03. The van der Waals surface area contributed by atoms with Crippen molar-refractivity contribution in [3.05, 3.63) is 0 Å². The van der Waals surface area contributed by atoms with E-state index >= 15 is 0 Å². The predicted molar refractivity (Wildman–Crippen MR) is 78.5 cm³/mol. The van der Waals surface area contributed by atoms with Crippen LogP contribution in [-0.2, 0) is 19.1 Å². The number of carboxylic acid groups (broad SMARTS) is 1. The molecule has 1 amide bonds. The largest absolute Gasteiger partial charge is 0.479 e. The molecule has 124 valence electrons. The van der Waals surface area contributed by atoms with Gasteiger partial charge in [-0.15, -0.1) is 0 Å². The van der Waals surface area contributed by atoms with Crippen molar-refractivity contribution in [2.45, 2.75) is 75.8 Å². The molecule has 0 aromatic carbocycles. The van der Waals surface area contributed by atoms with Gasteiger partial charge in [-0.25, -0.2) is 4.79 Å². The summed E-state index contributed by atoms with van der Waals surface area (Å²) in [6.07, 6.45) is 6.85. The minimum atomic E-state index is -0.973. The lowest BCUT2D eigenvalue weighted by Crippen LogP contribution is -2.46. The number of nitrogens with zero attached hydrogens (tertiary/aromatic N) is 1. The van der Waals surface area contributed by atoms with Crippen LogP contribution in [-0.4, -0.2) is 59.4 Å². The fraction of sp³-hybridized carbons (Fsp3) is 0.875. The van der Waals surface area contributed by atoms with Crippen LogP contribution in [0.4, 0.5) is 0 Å². The van der Waals surface area contributed by atoms with E-state index in [4.69, 9.17) is 14.6 Å². The second kappa shape index (κ2) is 6.96. The van der Waals surface area contributed by atoms with Crippen molar-refractivity contribution in [3.8, 4) is 0 Å². The Morgan fingerprint density at radius 2 is 1.50 bits per heavy atom. The second-order valence-electron chi connectivity index (χ2n) is 6.60. The minimum Gasteiger partial charge on any atom is -0.479 e. The van der Waals surface area contributed by atoms with Gasteiger partial charge in [-0.2, -0.15) is 0 Å². The van der Waals surface area contributed by atoms with E-state index in [1.54, 1.807) is 0 Å². The van der Waals surface area contributed by atoms with Gasteiger partial charge >= 0.3 is 5.97 Å². The number of carbonyl (C=O) groups excluding carboxylic acids is 1. The number of amides is 1. The lowest BCUT2D eigenvalue weighted by atomic mass is 10.1. The molecule has 0 bridgehead atoms. The molecule has 6 heteroatoms. The predicted octanol–water partition coefficient (Wildman–Crippen LogP) is 1.57. The minimum absolute atomic E-state index is 0.0527. The van der Waals surface area contributed by atoms with Crippen LogP contribution in [0.25, 0.3) is 0 Å². The van der Waals surface area contributed by atoms with Gasteiger partial charge in [0.15, 0.2) is 6.10 Å². The number of aliphatic carboxylic acids is 1. The molecule has 6 nitrogen and oxygen atoms in total. The highest BCUT2D eigenvalue weighted by molar-refractivity contribution is 5.82. The molecular weight excluding hydrogens is 286 g/mol. The van der Waals surface area contributed by atoms with Crippen LogP contribution in [0.1, 0.15) is 51.4 Å². The summed E-state index contributed by atoms with van der Waals surface area (Å²) >= 11 is 0. The topological polar surface area (TPSA) is 76.1 Å². The van der Waals surface area contributed by atoms with Gasteiger partial charge in [-0.3, -0.25) is 4.79 Å². The summed E-state index contributed by atoms with van der Waals surface area (Å²) in [4.78, 5) is 25.1. The first-order chi connectivity index (χ1) is 10.6. The summed E-state index contributed by atoms with van der Waals surface area (Å²) in [5.41, 5.74) is 0. The first-order valence-corrected chi connectivity index (χ1v) is 8.46. The average molecular weight is 311 g/mol. The van der Waals surface area contributed by atoms with Crippen LogP contribution in [0.2, 0.25) is 0 Å². The lowest BCUT2D eigenvalue weighted by molar-refractivity contribution is -0.156. The summed E-state index contributed by atoms with van der Waals surface area (Å²) in [7, 11) is 0. The standard InChI is InChI=1S/C16H25NO5/c18-15(13-5-6-14(22-13)16(19)20)17-9-7-12(8-10-17)21-11-3-1-2-4-11/h11-14H,1-10H2,(H,19,20)/t13-,14+/m0/s1. The summed E-state index contributed by atoms with van der Waals surface area (Å²) in [5, 5.41) is 8.93. The van der Waals surface area contributed by atoms with Crippen molar-refractivity contribution in [1.29, 1.82) is 0 Å². The Bertz CT molecular complexity index is 413. The Morgan fingerprint density at radius 3 is 2.09 bits per heavy atom. The summed E-state index contributed by atoms with van der Waals surface area (Å²) in [6.45, 7) is 1.38. The quantitative estimate of drug-likeness (QED) is 0.853. The molecule has 22 heavy (non-hydrogen) atoms. The maximum Gasteiger partial charge on any atom is 0.332 e. The Kier molecular flexibility index (Phi) is 4.98. The molecule has 1 N–H and O–H groups in total. The molecule has 3 fully saturated rings. The molecule has 3 aliphatic rings. The third kappa shape index (κ3) is 3.60. The molecule has 1 aliphatic carbocycles. The Labute approximate surface area is 130 Å². The van der Waals surface area contributed by atoms with Crippen molar-refractivity contribution in [2.75, 3.05) is 13.1 Å². The average Bonchev–Trinajstić information content (AvgIpc) is 3.18. The van der Waals surface area contributed by atoms with Crippen molar-refractivity contribution in [1.82, 2.24) is 4.90 Å². The summed E-state index contributed by atoms with van der Waals surface area (Å²) < 4.78 is 11.5. The Balaban J connectivity index is 1.43. The van der Waals surface area contributed by atoms with Gasteiger partial charge in [0, 0.05) is 13.1 Å². The van der Waals surface area contributed by atoms with E-state index in [0.717, 1.165) is 12.8 Å². The molecule has 1 saturated carbocycles. The van der Waals surface area contributed by atoms with E-state index < -0.39 is 18.2 Å². The molecule has 2 atom stereocenters. The fourth-order valence-corrected chi connectivity index (χ4v) is 3.71. The van der Waals surface area contributed by atoms with E-state index in [-0.39, 0.29) is 12.0 Å². The Hall–Kier alpha value is -1.14. The number of hydrogen-bond acceptors (Lipinski definition) is 4. The van der Waals surface area contributed by atoms with E-state index in [1.165, 1.54) is 25.7 Å². The number of rotatable bonds is 4. The van der Waals surface area contributed by atoms with Crippen molar-refractivity contribution < 1.29 is 24.2 Å². The molecule has 0 radical (unpaired) electrons. The smallest absolute Gasteiger partial charge is 0.332 e.